The third-order valence-electron chi connectivity index (χ3n) is 7.14. The summed E-state index contributed by atoms with van der Waals surface area (Å²) in [6.45, 7) is 9.50. The Labute approximate surface area is 205 Å². The Morgan fingerprint density at radius 3 is 2.46 bits per heavy atom. The van der Waals surface area contributed by atoms with E-state index in [1.165, 1.54) is 19.4 Å². The Hall–Kier alpha value is -3.71. The molecule has 0 atom stereocenters. The van der Waals surface area contributed by atoms with Gasteiger partial charge in [-0.25, -0.2) is 4.98 Å². The highest BCUT2D eigenvalue weighted by Crippen LogP contribution is 2.33. The van der Waals surface area contributed by atoms with Crippen molar-refractivity contribution in [2.24, 2.45) is 5.92 Å². The van der Waals surface area contributed by atoms with Crippen LogP contribution in [0.15, 0.2) is 55.2 Å². The Bertz CT molecular complexity index is 1300. The summed E-state index contributed by atoms with van der Waals surface area (Å²) in [4.78, 5) is 13.6. The second-order valence-electron chi connectivity index (χ2n) is 9.63. The number of aromatic nitrogens is 2. The average Bonchev–Trinajstić information content (AvgIpc) is 3.69. The predicted octanol–water partition coefficient (Wildman–Crippen LogP) is 4.61. The van der Waals surface area contributed by atoms with Crippen molar-refractivity contribution < 1.29 is 4.39 Å². The molecule has 7 heteroatoms. The summed E-state index contributed by atoms with van der Waals surface area (Å²) in [5, 5.41) is 3.10. The highest BCUT2D eigenvalue weighted by molar-refractivity contribution is 5.82. The normalized spacial score (nSPS) is 17.9. The largest absolute Gasteiger partial charge is 0.382 e. The minimum atomic E-state index is -0.664. The van der Waals surface area contributed by atoms with Gasteiger partial charge in [0.1, 0.15) is 11.4 Å². The SMILES string of the molecule is C=C1NC=Cc2cc(-c3nc(-c4ccc(N5CCN(CC6CC6)CC5)cc4)c(F)nc3N)ccc21. The standard InChI is InChI=1S/C28H29FN6/c1-18-24-9-6-22(16-21(24)10-11-31-18)26-28(30)33-27(29)25(32-26)20-4-7-23(8-5-20)35-14-12-34(13-15-35)17-19-2-3-19/h4-11,16,19,31H,1-3,12-15,17H2,(H2,30,33). The van der Waals surface area contributed by atoms with Gasteiger partial charge in [0.15, 0.2) is 5.82 Å². The van der Waals surface area contributed by atoms with E-state index in [4.69, 9.17) is 5.73 Å². The van der Waals surface area contributed by atoms with E-state index in [-0.39, 0.29) is 11.5 Å². The first-order chi connectivity index (χ1) is 17.0. The molecule has 1 aromatic heterocycles. The van der Waals surface area contributed by atoms with E-state index < -0.39 is 5.95 Å². The van der Waals surface area contributed by atoms with Crippen LogP contribution in [-0.2, 0) is 0 Å². The van der Waals surface area contributed by atoms with Crippen LogP contribution in [0.3, 0.4) is 0 Å². The number of nitrogens with two attached hydrogens (primary N) is 1. The van der Waals surface area contributed by atoms with Crippen LogP contribution < -0.4 is 16.0 Å². The molecule has 1 saturated carbocycles. The Balaban J connectivity index is 1.24. The van der Waals surface area contributed by atoms with Crippen molar-refractivity contribution in [3.8, 4) is 22.5 Å². The van der Waals surface area contributed by atoms with Gasteiger partial charge in [-0.3, -0.25) is 4.90 Å². The zero-order valence-corrected chi connectivity index (χ0v) is 19.7. The molecular formula is C28H29FN6. The van der Waals surface area contributed by atoms with Gasteiger partial charge in [0, 0.05) is 67.0 Å². The third-order valence-corrected chi connectivity index (χ3v) is 7.14. The number of benzene rings is 2. The second kappa shape index (κ2) is 8.82. The van der Waals surface area contributed by atoms with Gasteiger partial charge < -0.3 is 16.0 Å². The minimum absolute atomic E-state index is 0.0728. The second-order valence-corrected chi connectivity index (χ2v) is 9.63. The van der Waals surface area contributed by atoms with E-state index in [0.717, 1.165) is 60.2 Å². The van der Waals surface area contributed by atoms with Crippen LogP contribution >= 0.6 is 0 Å². The van der Waals surface area contributed by atoms with Gasteiger partial charge in [-0.1, -0.05) is 30.8 Å². The van der Waals surface area contributed by atoms with Crippen molar-refractivity contribution in [2.75, 3.05) is 43.4 Å². The molecule has 2 aromatic carbocycles. The number of nitrogen functional groups attached to an aromatic ring is 1. The molecule has 6 rings (SSSR count). The Kier molecular flexibility index (Phi) is 5.49. The fourth-order valence-corrected chi connectivity index (χ4v) is 4.94. The molecule has 3 aliphatic rings. The number of nitrogens with one attached hydrogen (secondary N) is 1. The van der Waals surface area contributed by atoms with Crippen LogP contribution in [0.2, 0.25) is 0 Å². The molecule has 2 fully saturated rings. The molecule has 0 radical (unpaired) electrons. The number of hydrogen-bond donors (Lipinski definition) is 2. The van der Waals surface area contributed by atoms with Crippen molar-refractivity contribution in [3.05, 3.63) is 72.3 Å². The van der Waals surface area contributed by atoms with Crippen LogP contribution in [0.25, 0.3) is 34.3 Å². The van der Waals surface area contributed by atoms with Gasteiger partial charge in [0.05, 0.1) is 0 Å². The molecule has 3 aromatic rings. The summed E-state index contributed by atoms with van der Waals surface area (Å²) in [6, 6.07) is 13.8. The smallest absolute Gasteiger partial charge is 0.241 e. The highest BCUT2D eigenvalue weighted by atomic mass is 19.1. The third kappa shape index (κ3) is 4.39. The fraction of sp³-hybridized carbons (Fsp3) is 0.286. The van der Waals surface area contributed by atoms with Crippen LogP contribution in [0, 0.1) is 11.9 Å². The van der Waals surface area contributed by atoms with Gasteiger partial charge in [-0.05, 0) is 48.6 Å². The first-order valence-corrected chi connectivity index (χ1v) is 12.2. The summed E-state index contributed by atoms with van der Waals surface area (Å²) in [5.74, 6) is 0.336. The number of hydrogen-bond acceptors (Lipinski definition) is 6. The minimum Gasteiger partial charge on any atom is -0.382 e. The maximum absolute atomic E-state index is 14.9. The Morgan fingerprint density at radius 1 is 0.971 bits per heavy atom. The summed E-state index contributed by atoms with van der Waals surface area (Å²) in [5.41, 5.74) is 12.2. The van der Waals surface area contributed by atoms with E-state index >= 15 is 0 Å². The summed E-state index contributed by atoms with van der Waals surface area (Å²) >= 11 is 0. The van der Waals surface area contributed by atoms with Gasteiger partial charge in [0.2, 0.25) is 5.95 Å². The van der Waals surface area contributed by atoms with E-state index in [1.807, 2.05) is 54.7 Å². The highest BCUT2D eigenvalue weighted by Gasteiger charge is 2.26. The van der Waals surface area contributed by atoms with Crippen LogP contribution in [-0.4, -0.2) is 47.6 Å². The van der Waals surface area contributed by atoms with Gasteiger partial charge in [0.25, 0.3) is 0 Å². The fourth-order valence-electron chi connectivity index (χ4n) is 4.94. The monoisotopic (exact) mass is 468 g/mol. The summed E-state index contributed by atoms with van der Waals surface area (Å²) in [7, 11) is 0. The Morgan fingerprint density at radius 2 is 1.71 bits per heavy atom. The predicted molar refractivity (Wildman–Crippen MR) is 140 cm³/mol. The maximum Gasteiger partial charge on any atom is 0.241 e. The molecule has 2 aliphatic heterocycles. The lowest BCUT2D eigenvalue weighted by Crippen LogP contribution is -2.47. The molecule has 178 valence electrons. The molecule has 3 heterocycles. The van der Waals surface area contributed by atoms with Crippen molar-refractivity contribution in [3.63, 3.8) is 0 Å². The van der Waals surface area contributed by atoms with Gasteiger partial charge in [-0.2, -0.15) is 9.37 Å². The van der Waals surface area contributed by atoms with Crippen molar-refractivity contribution in [2.45, 2.75) is 12.8 Å². The lowest BCUT2D eigenvalue weighted by molar-refractivity contribution is 0.248. The molecule has 3 N–H and O–H groups in total. The van der Waals surface area contributed by atoms with Crippen molar-refractivity contribution >= 4 is 23.3 Å². The van der Waals surface area contributed by atoms with Crippen molar-refractivity contribution in [1.82, 2.24) is 20.2 Å². The van der Waals surface area contributed by atoms with Crippen LogP contribution in [0.1, 0.15) is 24.0 Å². The lowest BCUT2D eigenvalue weighted by atomic mass is 9.98. The molecule has 0 unspecified atom stereocenters. The van der Waals surface area contributed by atoms with E-state index in [0.29, 0.717) is 11.3 Å². The molecule has 1 aliphatic carbocycles. The molecule has 0 spiro atoms. The summed E-state index contributed by atoms with van der Waals surface area (Å²) < 4.78 is 14.9. The lowest BCUT2D eigenvalue weighted by Gasteiger charge is -2.36. The number of rotatable bonds is 5. The van der Waals surface area contributed by atoms with E-state index in [9.17, 15) is 4.39 Å². The zero-order chi connectivity index (χ0) is 23.9. The summed E-state index contributed by atoms with van der Waals surface area (Å²) in [6.07, 6.45) is 6.59. The number of anilines is 2. The van der Waals surface area contributed by atoms with Crippen molar-refractivity contribution in [1.29, 1.82) is 0 Å². The topological polar surface area (TPSA) is 70.3 Å². The first kappa shape index (κ1) is 21.8. The zero-order valence-electron chi connectivity index (χ0n) is 19.7. The van der Waals surface area contributed by atoms with Gasteiger partial charge >= 0.3 is 0 Å². The molecule has 1 saturated heterocycles. The molecule has 0 amide bonds. The van der Waals surface area contributed by atoms with Crippen LogP contribution in [0.5, 0.6) is 0 Å². The number of fused-ring (bicyclic) bond motifs is 1. The number of halogens is 1. The maximum atomic E-state index is 14.9. The van der Waals surface area contributed by atoms with E-state index in [1.54, 1.807) is 0 Å². The average molecular weight is 469 g/mol. The number of piperazine rings is 1. The number of nitrogens with zero attached hydrogens (tertiary/aromatic N) is 4. The quantitative estimate of drug-likeness (QED) is 0.570. The molecular weight excluding hydrogens is 439 g/mol. The van der Waals surface area contributed by atoms with E-state index in [2.05, 4.69) is 31.7 Å². The molecule has 6 nitrogen and oxygen atoms in total. The molecule has 35 heavy (non-hydrogen) atoms. The van der Waals surface area contributed by atoms with Gasteiger partial charge in [-0.15, -0.1) is 0 Å². The molecule has 0 bridgehead atoms. The first-order valence-electron chi connectivity index (χ1n) is 12.2. The van der Waals surface area contributed by atoms with Crippen LogP contribution in [0.4, 0.5) is 15.9 Å².